The molecule has 1 rings (SSSR count). The van der Waals surface area contributed by atoms with Gasteiger partial charge in [0.15, 0.2) is 5.82 Å². The zero-order valence-corrected chi connectivity index (χ0v) is 7.99. The molecule has 1 aromatic rings. The molecular weight excluding hydrogens is 186 g/mol. The number of H-pyrrole nitrogens is 1. The molecule has 1 amide bonds. The molecule has 7 heteroatoms. The lowest BCUT2D eigenvalue weighted by molar-refractivity contribution is -0.120. The molecule has 0 unspecified atom stereocenters. The fourth-order valence-electron chi connectivity index (χ4n) is 0.908. The third-order valence-corrected chi connectivity index (χ3v) is 1.56. The summed E-state index contributed by atoms with van der Waals surface area (Å²) in [5.74, 6) is 0.289. The summed E-state index contributed by atoms with van der Waals surface area (Å²) in [5.41, 5.74) is 0. The molecule has 0 saturated carbocycles. The van der Waals surface area contributed by atoms with Gasteiger partial charge in [0.25, 0.3) is 0 Å². The molecule has 0 aromatic carbocycles. The topological polar surface area (TPSA) is 92.8 Å². The minimum atomic E-state index is -0.109. The number of rotatable bonds is 6. The van der Waals surface area contributed by atoms with Gasteiger partial charge in [0.05, 0.1) is 6.42 Å². The molecule has 0 saturated heterocycles. The van der Waals surface area contributed by atoms with E-state index in [2.05, 4.69) is 25.9 Å². The maximum atomic E-state index is 11.2. The number of nitrogens with zero attached hydrogens (tertiary/aromatic N) is 3. The molecular formula is C7H13N5O2. The maximum absolute atomic E-state index is 11.2. The van der Waals surface area contributed by atoms with Gasteiger partial charge in [0, 0.05) is 20.3 Å². The summed E-state index contributed by atoms with van der Waals surface area (Å²) in [6.07, 6.45) is 0.956. The summed E-state index contributed by atoms with van der Waals surface area (Å²) in [6.45, 7) is 1.24. The third kappa shape index (κ3) is 3.94. The van der Waals surface area contributed by atoms with Crippen molar-refractivity contribution in [1.82, 2.24) is 25.9 Å². The number of carbonyl (C=O) groups is 1. The molecule has 0 fully saturated rings. The van der Waals surface area contributed by atoms with Crippen molar-refractivity contribution in [3.8, 4) is 0 Å². The Balaban J connectivity index is 2.11. The predicted octanol–water partition coefficient (Wildman–Crippen LogP) is -1.11. The highest BCUT2D eigenvalue weighted by atomic mass is 16.5. The number of hydrogen-bond donors (Lipinski definition) is 2. The second kappa shape index (κ2) is 6.03. The van der Waals surface area contributed by atoms with Crippen LogP contribution in [0.5, 0.6) is 0 Å². The zero-order chi connectivity index (χ0) is 10.2. The van der Waals surface area contributed by atoms with Crippen LogP contribution in [0.1, 0.15) is 12.2 Å². The fraction of sp³-hybridized carbons (Fsp3) is 0.714. The SMILES string of the molecule is COCCCNC(=O)Cc1nn[nH]n1. The Kier molecular flexibility index (Phi) is 4.56. The van der Waals surface area contributed by atoms with Crippen LogP contribution in [0.2, 0.25) is 0 Å². The van der Waals surface area contributed by atoms with Crippen LogP contribution in [0.15, 0.2) is 0 Å². The first kappa shape index (κ1) is 10.6. The number of hydrogen-bond acceptors (Lipinski definition) is 5. The summed E-state index contributed by atoms with van der Waals surface area (Å²) in [7, 11) is 1.63. The highest BCUT2D eigenvalue weighted by molar-refractivity contribution is 5.77. The lowest BCUT2D eigenvalue weighted by Crippen LogP contribution is -2.27. The van der Waals surface area contributed by atoms with Gasteiger partial charge in [-0.1, -0.05) is 5.21 Å². The molecule has 0 bridgehead atoms. The van der Waals surface area contributed by atoms with Crippen LogP contribution in [0.25, 0.3) is 0 Å². The Hall–Kier alpha value is -1.50. The Morgan fingerprint density at radius 2 is 2.50 bits per heavy atom. The minimum absolute atomic E-state index is 0.109. The lowest BCUT2D eigenvalue weighted by atomic mass is 10.3. The van der Waals surface area contributed by atoms with Crippen LogP contribution in [0, 0.1) is 0 Å². The summed E-state index contributed by atoms with van der Waals surface area (Å²) in [6, 6.07) is 0. The van der Waals surface area contributed by atoms with Crippen LogP contribution in [0.3, 0.4) is 0 Å². The second-order valence-electron chi connectivity index (χ2n) is 2.70. The van der Waals surface area contributed by atoms with E-state index in [1.807, 2.05) is 0 Å². The van der Waals surface area contributed by atoms with Gasteiger partial charge in [-0.15, -0.1) is 10.2 Å². The van der Waals surface area contributed by atoms with Gasteiger partial charge >= 0.3 is 0 Å². The first-order valence-corrected chi connectivity index (χ1v) is 4.31. The molecule has 0 aliphatic rings. The summed E-state index contributed by atoms with van der Waals surface area (Å²) >= 11 is 0. The first-order chi connectivity index (χ1) is 6.83. The molecule has 0 aliphatic heterocycles. The fourth-order valence-corrected chi connectivity index (χ4v) is 0.908. The van der Waals surface area contributed by atoms with Crippen molar-refractivity contribution in [1.29, 1.82) is 0 Å². The molecule has 0 spiro atoms. The van der Waals surface area contributed by atoms with Crippen molar-refractivity contribution in [2.75, 3.05) is 20.3 Å². The number of amides is 1. The van der Waals surface area contributed by atoms with Crippen LogP contribution in [-0.2, 0) is 16.0 Å². The number of carbonyl (C=O) groups excluding carboxylic acids is 1. The van der Waals surface area contributed by atoms with Gasteiger partial charge < -0.3 is 10.1 Å². The number of nitrogens with one attached hydrogen (secondary N) is 2. The van der Waals surface area contributed by atoms with Crippen molar-refractivity contribution < 1.29 is 9.53 Å². The third-order valence-electron chi connectivity index (χ3n) is 1.56. The quantitative estimate of drug-likeness (QED) is 0.567. The van der Waals surface area contributed by atoms with Crippen LogP contribution in [-0.4, -0.2) is 46.8 Å². The van der Waals surface area contributed by atoms with Crippen molar-refractivity contribution in [3.05, 3.63) is 5.82 Å². The van der Waals surface area contributed by atoms with Crippen molar-refractivity contribution in [2.24, 2.45) is 0 Å². The van der Waals surface area contributed by atoms with E-state index >= 15 is 0 Å². The number of tetrazole rings is 1. The smallest absolute Gasteiger partial charge is 0.227 e. The van der Waals surface area contributed by atoms with Crippen LogP contribution in [0.4, 0.5) is 0 Å². The highest BCUT2D eigenvalue weighted by Crippen LogP contribution is 1.86. The normalized spacial score (nSPS) is 10.1. The highest BCUT2D eigenvalue weighted by Gasteiger charge is 2.05. The van der Waals surface area contributed by atoms with Gasteiger partial charge in [-0.3, -0.25) is 4.79 Å². The number of aromatic amines is 1. The summed E-state index contributed by atoms with van der Waals surface area (Å²) in [4.78, 5) is 11.2. The van der Waals surface area contributed by atoms with Crippen LogP contribution >= 0.6 is 0 Å². The minimum Gasteiger partial charge on any atom is -0.385 e. The lowest BCUT2D eigenvalue weighted by Gasteiger charge is -2.01. The van der Waals surface area contributed by atoms with E-state index in [0.717, 1.165) is 6.42 Å². The molecule has 2 N–H and O–H groups in total. The molecule has 0 atom stereocenters. The van der Waals surface area contributed by atoms with E-state index in [1.165, 1.54) is 0 Å². The Labute approximate surface area is 81.2 Å². The first-order valence-electron chi connectivity index (χ1n) is 4.31. The monoisotopic (exact) mass is 199 g/mol. The Morgan fingerprint density at radius 1 is 1.64 bits per heavy atom. The van der Waals surface area contributed by atoms with E-state index in [-0.39, 0.29) is 12.3 Å². The van der Waals surface area contributed by atoms with E-state index in [1.54, 1.807) is 7.11 Å². The number of methoxy groups -OCH3 is 1. The zero-order valence-electron chi connectivity index (χ0n) is 7.99. The van der Waals surface area contributed by atoms with E-state index in [0.29, 0.717) is 19.0 Å². The molecule has 1 heterocycles. The molecule has 78 valence electrons. The average molecular weight is 199 g/mol. The van der Waals surface area contributed by atoms with Gasteiger partial charge in [-0.05, 0) is 6.42 Å². The molecule has 14 heavy (non-hydrogen) atoms. The van der Waals surface area contributed by atoms with E-state index in [4.69, 9.17) is 4.74 Å². The molecule has 0 radical (unpaired) electrons. The largest absolute Gasteiger partial charge is 0.385 e. The Morgan fingerprint density at radius 3 is 3.14 bits per heavy atom. The molecule has 1 aromatic heterocycles. The number of aromatic nitrogens is 4. The van der Waals surface area contributed by atoms with E-state index < -0.39 is 0 Å². The Bertz CT molecular complexity index is 261. The van der Waals surface area contributed by atoms with Gasteiger partial charge in [-0.2, -0.15) is 5.21 Å². The maximum Gasteiger partial charge on any atom is 0.227 e. The second-order valence-corrected chi connectivity index (χ2v) is 2.70. The molecule has 7 nitrogen and oxygen atoms in total. The van der Waals surface area contributed by atoms with Crippen molar-refractivity contribution in [2.45, 2.75) is 12.8 Å². The summed E-state index contributed by atoms with van der Waals surface area (Å²) in [5, 5.41) is 15.7. The predicted molar refractivity (Wildman–Crippen MR) is 47.4 cm³/mol. The van der Waals surface area contributed by atoms with Gasteiger partial charge in [0.1, 0.15) is 0 Å². The van der Waals surface area contributed by atoms with E-state index in [9.17, 15) is 4.79 Å². The van der Waals surface area contributed by atoms with Crippen LogP contribution < -0.4 is 5.32 Å². The molecule has 0 aliphatic carbocycles. The van der Waals surface area contributed by atoms with Crippen molar-refractivity contribution in [3.63, 3.8) is 0 Å². The van der Waals surface area contributed by atoms with Gasteiger partial charge in [-0.25, -0.2) is 0 Å². The number of ether oxygens (including phenoxy) is 1. The van der Waals surface area contributed by atoms with Crippen molar-refractivity contribution >= 4 is 5.91 Å². The standard InChI is InChI=1S/C7H13N5O2/c1-14-4-2-3-8-7(13)5-6-9-11-12-10-6/h2-5H2,1H3,(H,8,13)(H,9,10,11,12). The average Bonchev–Trinajstić information content (AvgIpc) is 2.65. The van der Waals surface area contributed by atoms with Gasteiger partial charge in [0.2, 0.25) is 5.91 Å². The summed E-state index contributed by atoms with van der Waals surface area (Å²) < 4.78 is 4.84.